The zero-order valence-electron chi connectivity index (χ0n) is 9.46. The molecule has 0 saturated carbocycles. The molecule has 78 valence electrons. The highest BCUT2D eigenvalue weighted by Gasteiger charge is 2.08. The highest BCUT2D eigenvalue weighted by atomic mass is 14.9. The van der Waals surface area contributed by atoms with E-state index in [1.807, 2.05) is 0 Å². The van der Waals surface area contributed by atoms with E-state index in [0.717, 1.165) is 0 Å². The Balaban J connectivity index is 2.54. The molecule has 0 spiro atoms. The fraction of sp³-hybridized carbons (Fsp3) is 0.538. The normalized spacial score (nSPS) is 13.1. The van der Waals surface area contributed by atoms with Crippen LogP contribution in [0.5, 0.6) is 0 Å². The number of benzene rings is 1. The van der Waals surface area contributed by atoms with E-state index in [2.05, 4.69) is 56.4 Å². The van der Waals surface area contributed by atoms with Crippen LogP contribution in [0.15, 0.2) is 30.3 Å². The Morgan fingerprint density at radius 3 is 2.14 bits per heavy atom. The quantitative estimate of drug-likeness (QED) is 0.750. The van der Waals surface area contributed by atoms with Gasteiger partial charge in [-0.1, -0.05) is 44.2 Å². The summed E-state index contributed by atoms with van der Waals surface area (Å²) in [6.45, 7) is 6.70. The van der Waals surface area contributed by atoms with Gasteiger partial charge in [-0.15, -0.1) is 0 Å². The van der Waals surface area contributed by atoms with Crippen LogP contribution in [0.25, 0.3) is 0 Å². The first-order chi connectivity index (χ1) is 6.77. The molecule has 0 aliphatic rings. The van der Waals surface area contributed by atoms with Crippen molar-refractivity contribution in [3.05, 3.63) is 35.9 Å². The highest BCUT2D eigenvalue weighted by Crippen LogP contribution is 2.13. The van der Waals surface area contributed by atoms with Crippen LogP contribution in [0.4, 0.5) is 0 Å². The molecule has 14 heavy (non-hydrogen) atoms. The number of hydrogen-bond donors (Lipinski definition) is 1. The van der Waals surface area contributed by atoms with E-state index < -0.39 is 0 Å². The molecule has 0 aliphatic heterocycles. The zero-order valence-corrected chi connectivity index (χ0v) is 9.46. The van der Waals surface area contributed by atoms with Crippen LogP contribution in [-0.2, 0) is 0 Å². The zero-order chi connectivity index (χ0) is 10.4. The molecular formula is C13H21N. The summed E-state index contributed by atoms with van der Waals surface area (Å²) in [4.78, 5) is 0. The van der Waals surface area contributed by atoms with Crippen molar-refractivity contribution >= 4 is 0 Å². The summed E-state index contributed by atoms with van der Waals surface area (Å²) < 4.78 is 0. The van der Waals surface area contributed by atoms with Crippen LogP contribution >= 0.6 is 0 Å². The van der Waals surface area contributed by atoms with Crippen molar-refractivity contribution < 1.29 is 0 Å². The minimum atomic E-state index is 0.459. The molecule has 0 aromatic heterocycles. The number of rotatable bonds is 5. The molecule has 1 heteroatoms. The summed E-state index contributed by atoms with van der Waals surface area (Å²) >= 11 is 0. The first kappa shape index (κ1) is 11.3. The van der Waals surface area contributed by atoms with E-state index in [0.29, 0.717) is 12.1 Å². The minimum absolute atomic E-state index is 0.459. The average Bonchev–Trinajstić information content (AvgIpc) is 2.26. The number of hydrogen-bond acceptors (Lipinski definition) is 1. The second-order valence-electron chi connectivity index (χ2n) is 3.81. The highest BCUT2D eigenvalue weighted by molar-refractivity contribution is 5.18. The number of nitrogens with one attached hydrogen (secondary N) is 1. The van der Waals surface area contributed by atoms with Crippen LogP contribution in [0.1, 0.15) is 45.2 Å². The van der Waals surface area contributed by atoms with Crippen molar-refractivity contribution in [2.45, 2.75) is 45.7 Å². The third-order valence-electron chi connectivity index (χ3n) is 2.77. The largest absolute Gasteiger partial charge is 0.307 e. The lowest BCUT2D eigenvalue weighted by atomic mass is 10.1. The maximum Gasteiger partial charge on any atom is 0.0294 e. The summed E-state index contributed by atoms with van der Waals surface area (Å²) in [5.74, 6) is 0. The van der Waals surface area contributed by atoms with Crippen LogP contribution in [-0.4, -0.2) is 6.04 Å². The van der Waals surface area contributed by atoms with E-state index >= 15 is 0 Å². The van der Waals surface area contributed by atoms with Gasteiger partial charge in [-0.25, -0.2) is 0 Å². The van der Waals surface area contributed by atoms with Gasteiger partial charge in [0.1, 0.15) is 0 Å². The van der Waals surface area contributed by atoms with Gasteiger partial charge in [0.15, 0.2) is 0 Å². The second kappa shape index (κ2) is 5.82. The Morgan fingerprint density at radius 1 is 1.07 bits per heavy atom. The Morgan fingerprint density at radius 2 is 1.64 bits per heavy atom. The monoisotopic (exact) mass is 191 g/mol. The Kier molecular flexibility index (Phi) is 4.68. The standard InChI is InChI=1S/C13H21N/c1-4-13(5-2)14-11(3)12-9-7-6-8-10-12/h6-11,13-14H,4-5H2,1-3H3. The third-order valence-corrected chi connectivity index (χ3v) is 2.77. The maximum absolute atomic E-state index is 3.63. The lowest BCUT2D eigenvalue weighted by Gasteiger charge is -2.21. The van der Waals surface area contributed by atoms with Crippen molar-refractivity contribution in [2.75, 3.05) is 0 Å². The maximum atomic E-state index is 3.63. The fourth-order valence-electron chi connectivity index (χ4n) is 1.72. The van der Waals surface area contributed by atoms with Crippen molar-refractivity contribution in [1.82, 2.24) is 5.32 Å². The summed E-state index contributed by atoms with van der Waals surface area (Å²) in [5, 5.41) is 3.63. The van der Waals surface area contributed by atoms with E-state index in [1.54, 1.807) is 0 Å². The SMILES string of the molecule is CCC(CC)NC(C)c1ccccc1. The van der Waals surface area contributed by atoms with Crippen molar-refractivity contribution in [3.8, 4) is 0 Å². The first-order valence-electron chi connectivity index (χ1n) is 5.58. The molecule has 1 aromatic rings. The Bertz CT molecular complexity index is 239. The van der Waals surface area contributed by atoms with Crippen LogP contribution in [0, 0.1) is 0 Å². The van der Waals surface area contributed by atoms with Gasteiger partial charge in [-0.2, -0.15) is 0 Å². The second-order valence-corrected chi connectivity index (χ2v) is 3.81. The molecular weight excluding hydrogens is 170 g/mol. The van der Waals surface area contributed by atoms with Crippen molar-refractivity contribution in [2.24, 2.45) is 0 Å². The van der Waals surface area contributed by atoms with Gasteiger partial charge in [-0.05, 0) is 25.3 Å². The molecule has 1 N–H and O–H groups in total. The average molecular weight is 191 g/mol. The van der Waals surface area contributed by atoms with Gasteiger partial charge < -0.3 is 5.32 Å². The molecule has 1 rings (SSSR count). The smallest absolute Gasteiger partial charge is 0.0294 e. The van der Waals surface area contributed by atoms with Gasteiger partial charge in [0.05, 0.1) is 0 Å². The van der Waals surface area contributed by atoms with Crippen LogP contribution in [0.3, 0.4) is 0 Å². The van der Waals surface area contributed by atoms with Gasteiger partial charge in [0, 0.05) is 12.1 Å². The van der Waals surface area contributed by atoms with Gasteiger partial charge in [-0.3, -0.25) is 0 Å². The third kappa shape index (κ3) is 3.15. The van der Waals surface area contributed by atoms with E-state index in [1.165, 1.54) is 18.4 Å². The molecule has 0 amide bonds. The fourth-order valence-corrected chi connectivity index (χ4v) is 1.72. The molecule has 1 atom stereocenters. The minimum Gasteiger partial charge on any atom is -0.307 e. The predicted octanol–water partition coefficient (Wildman–Crippen LogP) is 3.53. The first-order valence-corrected chi connectivity index (χ1v) is 5.58. The van der Waals surface area contributed by atoms with Crippen LogP contribution in [0.2, 0.25) is 0 Å². The molecule has 0 bridgehead atoms. The lowest BCUT2D eigenvalue weighted by molar-refractivity contribution is 0.432. The molecule has 1 unspecified atom stereocenters. The topological polar surface area (TPSA) is 12.0 Å². The Labute approximate surface area is 87.5 Å². The van der Waals surface area contributed by atoms with E-state index in [9.17, 15) is 0 Å². The van der Waals surface area contributed by atoms with Crippen LogP contribution < -0.4 is 5.32 Å². The molecule has 0 radical (unpaired) electrons. The van der Waals surface area contributed by atoms with E-state index in [-0.39, 0.29) is 0 Å². The summed E-state index contributed by atoms with van der Waals surface area (Å²) in [6.07, 6.45) is 2.40. The summed E-state index contributed by atoms with van der Waals surface area (Å²) in [5.41, 5.74) is 1.37. The van der Waals surface area contributed by atoms with Gasteiger partial charge in [0.25, 0.3) is 0 Å². The predicted molar refractivity (Wildman–Crippen MR) is 62.4 cm³/mol. The molecule has 1 nitrogen and oxygen atoms in total. The van der Waals surface area contributed by atoms with Gasteiger partial charge in [0.2, 0.25) is 0 Å². The Hall–Kier alpha value is -0.820. The molecule has 0 fully saturated rings. The molecule has 0 heterocycles. The van der Waals surface area contributed by atoms with Crippen molar-refractivity contribution in [3.63, 3.8) is 0 Å². The van der Waals surface area contributed by atoms with Crippen molar-refractivity contribution in [1.29, 1.82) is 0 Å². The van der Waals surface area contributed by atoms with Gasteiger partial charge >= 0.3 is 0 Å². The molecule has 0 saturated heterocycles. The molecule has 1 aromatic carbocycles. The summed E-state index contributed by atoms with van der Waals surface area (Å²) in [7, 11) is 0. The van der Waals surface area contributed by atoms with E-state index in [4.69, 9.17) is 0 Å². The lowest BCUT2D eigenvalue weighted by Crippen LogP contribution is -2.30. The summed E-state index contributed by atoms with van der Waals surface area (Å²) in [6, 6.07) is 11.7. The molecule has 0 aliphatic carbocycles.